The number of phosphoric ester groups is 1. The molecule has 9 nitrogen and oxygen atoms in total. The Balaban J connectivity index is 5.39. The summed E-state index contributed by atoms with van der Waals surface area (Å²) >= 11 is 0. The zero-order chi connectivity index (χ0) is 51.5. The van der Waals surface area contributed by atoms with Crippen molar-refractivity contribution in [2.45, 2.75) is 270 Å². The van der Waals surface area contributed by atoms with Crippen LogP contribution in [0.1, 0.15) is 258 Å². The minimum atomic E-state index is -4.70. The molecule has 0 heterocycles. The molecule has 0 bridgehead atoms. The van der Waals surface area contributed by atoms with Gasteiger partial charge in [-0.05, 0) is 96.0 Å². The molecule has 0 aromatic heterocycles. The van der Waals surface area contributed by atoms with Crippen molar-refractivity contribution in [2.24, 2.45) is 0 Å². The SMILES string of the molecule is CCCCC/C=C\C/C=C\C/C=C\CCCCCCC(=O)NC(COP(=O)([O-])OCC[N+](C)(C)C)C(/C=C/CCCCCCCCCCCC)OC(=O)CCCCCCCCC/C=C\CCCCCC. The number of ether oxygens (including phenoxy) is 1. The number of carbonyl (C=O) groups excluding carboxylic acids is 2. The number of allylic oxidation sites excluding steroid dienone is 9. The molecule has 0 aliphatic carbocycles. The molecule has 0 spiro atoms. The zero-order valence-corrected chi connectivity index (χ0v) is 47.4. The Bertz CT molecular complexity index is 1390. The number of esters is 1. The number of quaternary nitrogens is 1. The summed E-state index contributed by atoms with van der Waals surface area (Å²) in [5.41, 5.74) is 0. The third kappa shape index (κ3) is 50.6. The zero-order valence-electron chi connectivity index (χ0n) is 46.5. The van der Waals surface area contributed by atoms with Crippen molar-refractivity contribution in [3.05, 3.63) is 60.8 Å². The first-order valence-electron chi connectivity index (χ1n) is 29.1. The third-order valence-corrected chi connectivity index (χ3v) is 13.6. The average molecular weight is 1000 g/mol. The number of amides is 1. The fourth-order valence-electron chi connectivity index (χ4n) is 8.11. The number of hydrogen-bond donors (Lipinski definition) is 1. The fraction of sp³-hybridized carbons (Fsp3) is 0.800. The van der Waals surface area contributed by atoms with Crippen LogP contribution < -0.4 is 10.2 Å². The monoisotopic (exact) mass is 1000 g/mol. The van der Waals surface area contributed by atoms with Crippen molar-refractivity contribution >= 4 is 19.7 Å². The van der Waals surface area contributed by atoms with Crippen molar-refractivity contribution < 1.29 is 37.3 Å². The summed E-state index contributed by atoms with van der Waals surface area (Å²) in [6, 6.07) is -0.901. The summed E-state index contributed by atoms with van der Waals surface area (Å²) in [6.45, 7) is 6.78. The summed E-state index contributed by atoms with van der Waals surface area (Å²) in [6.07, 6.45) is 61.8. The maximum Gasteiger partial charge on any atom is 0.306 e. The molecule has 3 atom stereocenters. The fourth-order valence-corrected chi connectivity index (χ4v) is 8.83. The van der Waals surface area contributed by atoms with Crippen LogP contribution in [0.3, 0.4) is 0 Å². The number of rotatable bonds is 52. The van der Waals surface area contributed by atoms with Gasteiger partial charge in [0.05, 0.1) is 33.8 Å². The van der Waals surface area contributed by atoms with E-state index < -0.39 is 26.6 Å². The van der Waals surface area contributed by atoms with Crippen molar-refractivity contribution in [3.63, 3.8) is 0 Å². The van der Waals surface area contributed by atoms with Gasteiger partial charge >= 0.3 is 5.97 Å². The smallest absolute Gasteiger partial charge is 0.306 e. The number of unbranched alkanes of at least 4 members (excludes halogenated alkanes) is 28. The molecule has 0 aliphatic rings. The lowest BCUT2D eigenvalue weighted by molar-refractivity contribution is -0.870. The summed E-state index contributed by atoms with van der Waals surface area (Å²) in [4.78, 5) is 39.8. The molecule has 70 heavy (non-hydrogen) atoms. The first-order valence-corrected chi connectivity index (χ1v) is 30.6. The van der Waals surface area contributed by atoms with Crippen LogP contribution in [0.2, 0.25) is 0 Å². The van der Waals surface area contributed by atoms with E-state index in [4.69, 9.17) is 13.8 Å². The van der Waals surface area contributed by atoms with Crippen LogP contribution in [0.25, 0.3) is 0 Å². The molecule has 0 saturated carbocycles. The van der Waals surface area contributed by atoms with Gasteiger partial charge in [-0.15, -0.1) is 0 Å². The topological polar surface area (TPSA) is 114 Å². The molecule has 408 valence electrons. The second kappa shape index (κ2) is 50.3. The van der Waals surface area contributed by atoms with E-state index in [0.29, 0.717) is 17.4 Å². The Morgan fingerprint density at radius 3 is 1.36 bits per heavy atom. The van der Waals surface area contributed by atoms with Gasteiger partial charge in [-0.3, -0.25) is 14.2 Å². The lowest BCUT2D eigenvalue weighted by atomic mass is 10.0. The average Bonchev–Trinajstić information content (AvgIpc) is 3.32. The molecule has 0 radical (unpaired) electrons. The van der Waals surface area contributed by atoms with Gasteiger partial charge < -0.3 is 28.5 Å². The highest BCUT2D eigenvalue weighted by Crippen LogP contribution is 2.38. The predicted molar refractivity (Wildman–Crippen MR) is 298 cm³/mol. The van der Waals surface area contributed by atoms with Crippen LogP contribution in [0.15, 0.2) is 60.8 Å². The number of nitrogens with one attached hydrogen (secondary N) is 1. The second-order valence-corrected chi connectivity index (χ2v) is 22.2. The molecule has 3 unspecified atom stereocenters. The van der Waals surface area contributed by atoms with Crippen LogP contribution in [0.4, 0.5) is 0 Å². The molecule has 0 aromatic carbocycles. The van der Waals surface area contributed by atoms with Gasteiger partial charge in [-0.1, -0.05) is 210 Å². The van der Waals surface area contributed by atoms with Gasteiger partial charge in [0.1, 0.15) is 19.3 Å². The number of carbonyl (C=O) groups is 2. The van der Waals surface area contributed by atoms with Crippen LogP contribution in [0.5, 0.6) is 0 Å². The number of nitrogens with zero attached hydrogens (tertiary/aromatic N) is 1. The van der Waals surface area contributed by atoms with Crippen molar-refractivity contribution in [1.29, 1.82) is 0 Å². The molecule has 0 fully saturated rings. The lowest BCUT2D eigenvalue weighted by Gasteiger charge is -2.30. The Hall–Kier alpha value is -2.29. The van der Waals surface area contributed by atoms with Crippen molar-refractivity contribution in [2.75, 3.05) is 40.9 Å². The number of phosphoric acid groups is 1. The highest BCUT2D eigenvalue weighted by Gasteiger charge is 2.27. The van der Waals surface area contributed by atoms with Gasteiger partial charge in [0.2, 0.25) is 5.91 Å². The summed E-state index contributed by atoms with van der Waals surface area (Å²) in [7, 11) is 1.16. The predicted octanol–water partition coefficient (Wildman–Crippen LogP) is 16.9. The molecular formula is C60H111N2O7P. The Labute approximate surface area is 432 Å². The van der Waals surface area contributed by atoms with E-state index in [1.807, 2.05) is 33.3 Å². The van der Waals surface area contributed by atoms with Crippen LogP contribution >= 0.6 is 7.82 Å². The van der Waals surface area contributed by atoms with Gasteiger partial charge in [-0.25, -0.2) is 0 Å². The van der Waals surface area contributed by atoms with Gasteiger partial charge in [-0.2, -0.15) is 0 Å². The van der Waals surface area contributed by atoms with Crippen molar-refractivity contribution in [3.8, 4) is 0 Å². The molecule has 10 heteroatoms. The Morgan fingerprint density at radius 2 is 0.871 bits per heavy atom. The normalized spacial score (nSPS) is 14.2. The standard InChI is InChI=1S/C60H111N2O7P/c1-7-10-13-16-19-22-25-28-30-31-33-34-37-40-43-46-49-52-59(63)61-57(56-68-70(65,66)67-55-54-62(4,5)6)58(51-48-45-42-39-36-27-24-21-18-15-12-9-3)69-60(64)53-50-47-44-41-38-35-32-29-26-23-20-17-14-11-8-2/h19,22-23,26,28,30,33-34,48,51,57-58H,7-18,20-21,24-25,27,29,31-32,35-47,49-50,52-56H2,1-6H3,(H-,61,63,65,66)/b22-19-,26-23-,30-28-,34-33-,51-48+. The Kier molecular flexibility index (Phi) is 48.6. The van der Waals surface area contributed by atoms with E-state index in [2.05, 4.69) is 74.7 Å². The molecule has 0 aromatic rings. The van der Waals surface area contributed by atoms with Gasteiger partial charge in [0.25, 0.3) is 7.82 Å². The second-order valence-electron chi connectivity index (χ2n) is 20.8. The molecular weight excluding hydrogens is 892 g/mol. The molecule has 1 N–H and O–H groups in total. The van der Waals surface area contributed by atoms with E-state index in [9.17, 15) is 19.0 Å². The summed E-state index contributed by atoms with van der Waals surface area (Å²) in [5, 5.41) is 3.01. The highest BCUT2D eigenvalue weighted by atomic mass is 31.2. The van der Waals surface area contributed by atoms with E-state index in [-0.39, 0.29) is 31.3 Å². The van der Waals surface area contributed by atoms with Gasteiger partial charge in [0, 0.05) is 12.8 Å². The highest BCUT2D eigenvalue weighted by molar-refractivity contribution is 7.45. The van der Waals surface area contributed by atoms with E-state index in [1.165, 1.54) is 128 Å². The molecule has 0 saturated heterocycles. The Morgan fingerprint density at radius 1 is 0.500 bits per heavy atom. The third-order valence-electron chi connectivity index (χ3n) is 12.7. The quantitative estimate of drug-likeness (QED) is 0.0212. The largest absolute Gasteiger partial charge is 0.756 e. The minimum Gasteiger partial charge on any atom is -0.756 e. The summed E-state index contributed by atoms with van der Waals surface area (Å²) in [5.74, 6) is -0.570. The summed E-state index contributed by atoms with van der Waals surface area (Å²) < 4.78 is 30.2. The van der Waals surface area contributed by atoms with Crippen LogP contribution in [-0.4, -0.2) is 69.4 Å². The van der Waals surface area contributed by atoms with E-state index in [1.54, 1.807) is 0 Å². The first kappa shape index (κ1) is 67.7. The minimum absolute atomic E-state index is 0.0287. The maximum atomic E-state index is 13.5. The number of hydrogen-bond acceptors (Lipinski definition) is 7. The lowest BCUT2D eigenvalue weighted by Crippen LogP contribution is -2.47. The van der Waals surface area contributed by atoms with E-state index >= 15 is 0 Å². The maximum absolute atomic E-state index is 13.5. The molecule has 0 rings (SSSR count). The van der Waals surface area contributed by atoms with Crippen molar-refractivity contribution in [1.82, 2.24) is 5.32 Å². The first-order chi connectivity index (χ1) is 33.9. The van der Waals surface area contributed by atoms with Crippen LogP contribution in [-0.2, 0) is 27.9 Å². The molecule has 1 amide bonds. The van der Waals surface area contributed by atoms with Crippen LogP contribution in [0, 0.1) is 0 Å². The van der Waals surface area contributed by atoms with E-state index in [0.717, 1.165) is 89.9 Å². The molecule has 0 aliphatic heterocycles. The van der Waals surface area contributed by atoms with Gasteiger partial charge in [0.15, 0.2) is 0 Å². The number of likely N-dealkylation sites (N-methyl/N-ethyl adjacent to an activating group) is 1.